The van der Waals surface area contributed by atoms with Gasteiger partial charge in [-0.05, 0) is 24.3 Å². The van der Waals surface area contributed by atoms with Crippen LogP contribution >= 0.6 is 0 Å². The van der Waals surface area contributed by atoms with E-state index in [0.717, 1.165) is 33.6 Å². The van der Waals surface area contributed by atoms with Gasteiger partial charge in [-0.15, -0.1) is 0 Å². The zero-order valence-electron chi connectivity index (χ0n) is 12.0. The Kier molecular flexibility index (Phi) is 3.04. The quantitative estimate of drug-likeness (QED) is 0.514. The minimum absolute atomic E-state index is 0.759. The second kappa shape index (κ2) is 5.19. The Morgan fingerprint density at radius 2 is 1.41 bits per heavy atom. The van der Waals surface area contributed by atoms with E-state index in [2.05, 4.69) is 22.8 Å². The molecule has 22 heavy (non-hydrogen) atoms. The summed E-state index contributed by atoms with van der Waals surface area (Å²) in [5.74, 6) is 0.937. The average Bonchev–Trinajstić information content (AvgIpc) is 2.96. The highest BCUT2D eigenvalue weighted by Gasteiger charge is 2.13. The van der Waals surface area contributed by atoms with Crippen molar-refractivity contribution in [3.8, 4) is 17.1 Å². The van der Waals surface area contributed by atoms with Crippen LogP contribution in [0.2, 0.25) is 0 Å². The number of hydrogen-bond donors (Lipinski definition) is 0. The van der Waals surface area contributed by atoms with Crippen molar-refractivity contribution in [1.82, 2.24) is 9.55 Å². The molecule has 0 atom stereocenters. The van der Waals surface area contributed by atoms with Gasteiger partial charge in [-0.25, -0.2) is 4.98 Å². The molecular formula is C19H13BN2. The van der Waals surface area contributed by atoms with Crippen molar-refractivity contribution in [2.75, 3.05) is 0 Å². The molecule has 0 aliphatic carbocycles. The summed E-state index contributed by atoms with van der Waals surface area (Å²) in [5, 5.41) is 0. The highest BCUT2D eigenvalue weighted by molar-refractivity contribution is 6.32. The van der Waals surface area contributed by atoms with Gasteiger partial charge in [0.1, 0.15) is 13.7 Å². The number of imidazole rings is 1. The first-order valence-electron chi connectivity index (χ1n) is 7.22. The molecule has 2 nitrogen and oxygen atoms in total. The fraction of sp³-hybridized carbons (Fsp3) is 0. The van der Waals surface area contributed by atoms with Crippen LogP contribution in [0.1, 0.15) is 0 Å². The summed E-state index contributed by atoms with van der Waals surface area (Å²) in [5.41, 5.74) is 4.98. The minimum atomic E-state index is 0.759. The van der Waals surface area contributed by atoms with Crippen LogP contribution in [-0.2, 0) is 0 Å². The summed E-state index contributed by atoms with van der Waals surface area (Å²) < 4.78 is 2.17. The number of para-hydroxylation sites is 2. The van der Waals surface area contributed by atoms with Crippen molar-refractivity contribution < 1.29 is 0 Å². The number of benzene rings is 3. The first-order valence-corrected chi connectivity index (χ1v) is 7.22. The lowest BCUT2D eigenvalue weighted by Gasteiger charge is -2.10. The van der Waals surface area contributed by atoms with Crippen molar-refractivity contribution in [3.05, 3.63) is 78.9 Å². The molecule has 102 valence electrons. The maximum atomic E-state index is 5.82. The van der Waals surface area contributed by atoms with E-state index in [1.165, 1.54) is 0 Å². The van der Waals surface area contributed by atoms with Gasteiger partial charge < -0.3 is 0 Å². The lowest BCUT2D eigenvalue weighted by Crippen LogP contribution is -2.03. The predicted octanol–water partition coefficient (Wildman–Crippen LogP) is 3.49. The fourth-order valence-electron chi connectivity index (χ4n) is 2.69. The van der Waals surface area contributed by atoms with Gasteiger partial charge in [0.15, 0.2) is 0 Å². The summed E-state index contributed by atoms with van der Waals surface area (Å²) >= 11 is 0. The summed E-state index contributed by atoms with van der Waals surface area (Å²) in [6.45, 7) is 0. The zero-order valence-corrected chi connectivity index (χ0v) is 12.0. The van der Waals surface area contributed by atoms with Crippen molar-refractivity contribution in [1.29, 1.82) is 0 Å². The largest absolute Gasteiger partial charge is 0.292 e. The van der Waals surface area contributed by atoms with Gasteiger partial charge in [0.05, 0.1) is 11.0 Å². The second-order valence-electron chi connectivity index (χ2n) is 5.22. The highest BCUT2D eigenvalue weighted by Crippen LogP contribution is 2.28. The molecule has 4 aromatic rings. The monoisotopic (exact) mass is 280 g/mol. The molecule has 2 radical (unpaired) electrons. The van der Waals surface area contributed by atoms with E-state index in [4.69, 9.17) is 12.8 Å². The number of nitrogens with zero attached hydrogens (tertiary/aromatic N) is 2. The molecule has 0 unspecified atom stereocenters. The molecule has 0 aliphatic heterocycles. The number of fused-ring (bicyclic) bond motifs is 1. The predicted molar refractivity (Wildman–Crippen MR) is 91.9 cm³/mol. The molecule has 0 amide bonds. The summed E-state index contributed by atoms with van der Waals surface area (Å²) in [7, 11) is 5.82. The zero-order chi connectivity index (χ0) is 14.9. The van der Waals surface area contributed by atoms with E-state index < -0.39 is 0 Å². The maximum absolute atomic E-state index is 5.82. The normalized spacial score (nSPS) is 10.9. The van der Waals surface area contributed by atoms with Gasteiger partial charge >= 0.3 is 0 Å². The van der Waals surface area contributed by atoms with Crippen LogP contribution in [0.5, 0.6) is 0 Å². The standard InChI is InChI=1S/C19H13BN2/c20-15-10-12-16(13-11-15)22-18-9-5-4-8-17(18)21-19(22)14-6-2-1-3-7-14/h1-13H. The molecule has 3 heteroatoms. The summed E-state index contributed by atoms with van der Waals surface area (Å²) in [6, 6.07) is 26.3. The Morgan fingerprint density at radius 1 is 0.727 bits per heavy atom. The lowest BCUT2D eigenvalue weighted by molar-refractivity contribution is 1.10. The van der Waals surface area contributed by atoms with Crippen molar-refractivity contribution >= 4 is 24.3 Å². The van der Waals surface area contributed by atoms with Crippen LogP contribution in [0, 0.1) is 0 Å². The Bertz CT molecular complexity index is 925. The molecule has 1 aromatic heterocycles. The third-order valence-corrected chi connectivity index (χ3v) is 3.74. The molecule has 3 aromatic carbocycles. The molecule has 4 rings (SSSR count). The van der Waals surface area contributed by atoms with E-state index >= 15 is 0 Å². The third kappa shape index (κ3) is 2.11. The SMILES string of the molecule is [B]c1ccc(-n2c(-c3ccccc3)nc3ccccc32)cc1. The van der Waals surface area contributed by atoms with E-state index in [1.807, 2.05) is 60.7 Å². The van der Waals surface area contributed by atoms with Gasteiger partial charge in [-0.3, -0.25) is 4.57 Å². The van der Waals surface area contributed by atoms with Crippen LogP contribution in [0.25, 0.3) is 28.1 Å². The molecule has 0 spiro atoms. The molecule has 0 fully saturated rings. The Balaban J connectivity index is 2.04. The molecule has 0 N–H and O–H groups in total. The maximum Gasteiger partial charge on any atom is 0.145 e. The number of aromatic nitrogens is 2. The molecule has 0 saturated heterocycles. The van der Waals surface area contributed by atoms with Gasteiger partial charge in [-0.1, -0.05) is 60.1 Å². The van der Waals surface area contributed by atoms with Crippen molar-refractivity contribution in [3.63, 3.8) is 0 Å². The van der Waals surface area contributed by atoms with Gasteiger partial charge in [0.25, 0.3) is 0 Å². The van der Waals surface area contributed by atoms with Crippen molar-refractivity contribution in [2.24, 2.45) is 0 Å². The van der Waals surface area contributed by atoms with Crippen LogP contribution in [0.4, 0.5) is 0 Å². The average molecular weight is 280 g/mol. The van der Waals surface area contributed by atoms with E-state index in [9.17, 15) is 0 Å². The lowest BCUT2D eigenvalue weighted by atomic mass is 9.96. The first-order chi connectivity index (χ1) is 10.8. The van der Waals surface area contributed by atoms with Crippen molar-refractivity contribution in [2.45, 2.75) is 0 Å². The Labute approximate surface area is 130 Å². The van der Waals surface area contributed by atoms with Gasteiger partial charge in [0, 0.05) is 11.3 Å². The molecule has 0 saturated carbocycles. The number of rotatable bonds is 2. The first kappa shape index (κ1) is 12.9. The smallest absolute Gasteiger partial charge is 0.145 e. The van der Waals surface area contributed by atoms with E-state index in [-0.39, 0.29) is 0 Å². The topological polar surface area (TPSA) is 17.8 Å². The Hall–Kier alpha value is -2.81. The molecule has 1 heterocycles. The fourth-order valence-corrected chi connectivity index (χ4v) is 2.69. The third-order valence-electron chi connectivity index (χ3n) is 3.74. The van der Waals surface area contributed by atoms with Gasteiger partial charge in [-0.2, -0.15) is 0 Å². The van der Waals surface area contributed by atoms with Crippen LogP contribution < -0.4 is 5.46 Å². The summed E-state index contributed by atoms with van der Waals surface area (Å²) in [6.07, 6.45) is 0. The second-order valence-corrected chi connectivity index (χ2v) is 5.22. The minimum Gasteiger partial charge on any atom is -0.292 e. The van der Waals surface area contributed by atoms with E-state index in [1.54, 1.807) is 0 Å². The molecular weight excluding hydrogens is 267 g/mol. The van der Waals surface area contributed by atoms with Crippen LogP contribution in [-0.4, -0.2) is 17.4 Å². The molecule has 0 aliphatic rings. The summed E-state index contributed by atoms with van der Waals surface area (Å²) in [4.78, 5) is 4.81. The molecule has 0 bridgehead atoms. The van der Waals surface area contributed by atoms with E-state index in [0.29, 0.717) is 0 Å². The van der Waals surface area contributed by atoms with Crippen LogP contribution in [0.15, 0.2) is 78.9 Å². The Morgan fingerprint density at radius 3 is 2.18 bits per heavy atom. The van der Waals surface area contributed by atoms with Gasteiger partial charge in [0.2, 0.25) is 0 Å². The van der Waals surface area contributed by atoms with Crippen LogP contribution in [0.3, 0.4) is 0 Å². The highest BCUT2D eigenvalue weighted by atomic mass is 15.1. The number of hydrogen-bond acceptors (Lipinski definition) is 1.